The SMILES string of the molecule is CC(C(=O)N1CCOCC1)N1CCN(CC(N)=O)CC1. The van der Waals surface area contributed by atoms with E-state index in [9.17, 15) is 9.59 Å². The average molecular weight is 284 g/mol. The minimum absolute atomic E-state index is 0.108. The minimum atomic E-state index is -0.295. The number of rotatable bonds is 4. The molecule has 7 nitrogen and oxygen atoms in total. The molecule has 2 aliphatic rings. The highest BCUT2D eigenvalue weighted by atomic mass is 16.5. The van der Waals surface area contributed by atoms with Crippen LogP contribution in [-0.4, -0.2) is 91.6 Å². The lowest BCUT2D eigenvalue weighted by atomic mass is 10.2. The summed E-state index contributed by atoms with van der Waals surface area (Å²) in [6.45, 7) is 8.05. The number of hydrogen-bond donors (Lipinski definition) is 1. The van der Waals surface area contributed by atoms with E-state index < -0.39 is 0 Å². The van der Waals surface area contributed by atoms with Crippen LogP contribution in [0.1, 0.15) is 6.92 Å². The highest BCUT2D eigenvalue weighted by Gasteiger charge is 2.29. The highest BCUT2D eigenvalue weighted by Crippen LogP contribution is 2.10. The summed E-state index contributed by atoms with van der Waals surface area (Å²) in [5, 5.41) is 0. The molecule has 2 aliphatic heterocycles. The number of ether oxygens (including phenoxy) is 1. The summed E-state index contributed by atoms with van der Waals surface area (Å²) in [7, 11) is 0. The first kappa shape index (κ1) is 15.2. The number of nitrogens with zero attached hydrogens (tertiary/aromatic N) is 3. The van der Waals surface area contributed by atoms with Crippen LogP contribution >= 0.6 is 0 Å². The quantitative estimate of drug-likeness (QED) is 0.668. The van der Waals surface area contributed by atoms with E-state index in [2.05, 4.69) is 4.90 Å². The minimum Gasteiger partial charge on any atom is -0.378 e. The van der Waals surface area contributed by atoms with Gasteiger partial charge in [0.2, 0.25) is 11.8 Å². The van der Waals surface area contributed by atoms with Crippen LogP contribution in [-0.2, 0) is 14.3 Å². The Balaban J connectivity index is 1.80. The van der Waals surface area contributed by atoms with E-state index >= 15 is 0 Å². The topological polar surface area (TPSA) is 79.1 Å². The molecule has 2 amide bonds. The summed E-state index contributed by atoms with van der Waals surface area (Å²) < 4.78 is 5.27. The van der Waals surface area contributed by atoms with Crippen LogP contribution in [0, 0.1) is 0 Å². The summed E-state index contributed by atoms with van der Waals surface area (Å²) >= 11 is 0. The zero-order valence-corrected chi connectivity index (χ0v) is 12.1. The van der Waals surface area contributed by atoms with Crippen LogP contribution in [0.25, 0.3) is 0 Å². The molecule has 2 heterocycles. The maximum atomic E-state index is 12.4. The van der Waals surface area contributed by atoms with Gasteiger partial charge in [-0.3, -0.25) is 19.4 Å². The van der Waals surface area contributed by atoms with Crippen LogP contribution in [0.2, 0.25) is 0 Å². The van der Waals surface area contributed by atoms with Gasteiger partial charge < -0.3 is 15.4 Å². The molecule has 1 atom stereocenters. The van der Waals surface area contributed by atoms with Crippen molar-refractivity contribution in [1.82, 2.24) is 14.7 Å². The molecule has 0 spiro atoms. The molecule has 2 rings (SSSR count). The first-order chi connectivity index (χ1) is 9.58. The van der Waals surface area contributed by atoms with E-state index in [1.54, 1.807) is 0 Å². The molecular formula is C13H24N4O3. The lowest BCUT2D eigenvalue weighted by Crippen LogP contribution is -2.56. The summed E-state index contributed by atoms with van der Waals surface area (Å²) in [6, 6.07) is -0.108. The summed E-state index contributed by atoms with van der Waals surface area (Å²) in [6.07, 6.45) is 0. The Morgan fingerprint density at radius 3 is 2.25 bits per heavy atom. The molecule has 0 aliphatic carbocycles. The number of nitrogens with two attached hydrogens (primary N) is 1. The van der Waals surface area contributed by atoms with Crippen molar-refractivity contribution >= 4 is 11.8 Å². The third-order valence-electron chi connectivity index (χ3n) is 4.01. The molecule has 114 valence electrons. The van der Waals surface area contributed by atoms with Crippen LogP contribution < -0.4 is 5.73 Å². The number of carbonyl (C=O) groups is 2. The Hall–Kier alpha value is -1.18. The third kappa shape index (κ3) is 3.91. The molecule has 2 fully saturated rings. The Labute approximate surface area is 119 Å². The van der Waals surface area contributed by atoms with E-state index in [0.717, 1.165) is 26.2 Å². The molecule has 0 aromatic carbocycles. The van der Waals surface area contributed by atoms with Crippen molar-refractivity contribution in [3.05, 3.63) is 0 Å². The van der Waals surface area contributed by atoms with Crippen molar-refractivity contribution in [2.75, 3.05) is 59.0 Å². The number of morpholine rings is 1. The van der Waals surface area contributed by atoms with E-state index in [1.165, 1.54) is 0 Å². The maximum absolute atomic E-state index is 12.4. The molecule has 2 saturated heterocycles. The third-order valence-corrected chi connectivity index (χ3v) is 4.01. The van der Waals surface area contributed by atoms with Gasteiger partial charge in [-0.1, -0.05) is 0 Å². The summed E-state index contributed by atoms with van der Waals surface area (Å²) in [5.74, 6) is -0.118. The second-order valence-corrected chi connectivity index (χ2v) is 5.39. The lowest BCUT2D eigenvalue weighted by Gasteiger charge is -2.39. The van der Waals surface area contributed by atoms with Gasteiger partial charge in [0.05, 0.1) is 25.8 Å². The van der Waals surface area contributed by atoms with Gasteiger partial charge in [-0.2, -0.15) is 0 Å². The monoisotopic (exact) mass is 284 g/mol. The van der Waals surface area contributed by atoms with Gasteiger partial charge in [0, 0.05) is 39.3 Å². The molecule has 2 N–H and O–H groups in total. The second kappa shape index (κ2) is 7.01. The van der Waals surface area contributed by atoms with Gasteiger partial charge in [-0.25, -0.2) is 0 Å². The number of primary amides is 1. The summed E-state index contributed by atoms with van der Waals surface area (Å²) in [4.78, 5) is 29.4. The van der Waals surface area contributed by atoms with Gasteiger partial charge in [-0.05, 0) is 6.92 Å². The highest BCUT2D eigenvalue weighted by molar-refractivity contribution is 5.81. The van der Waals surface area contributed by atoms with Crippen LogP contribution in [0.4, 0.5) is 0 Å². The van der Waals surface area contributed by atoms with E-state index in [4.69, 9.17) is 10.5 Å². The average Bonchev–Trinajstić information content (AvgIpc) is 2.47. The summed E-state index contributed by atoms with van der Waals surface area (Å²) in [5.41, 5.74) is 5.20. The Bertz CT molecular complexity index is 350. The molecule has 0 radical (unpaired) electrons. The van der Waals surface area contributed by atoms with Crippen molar-refractivity contribution in [3.63, 3.8) is 0 Å². The molecule has 0 aromatic rings. The molecule has 0 bridgehead atoms. The van der Waals surface area contributed by atoms with E-state index in [1.807, 2.05) is 16.7 Å². The van der Waals surface area contributed by atoms with Crippen molar-refractivity contribution in [3.8, 4) is 0 Å². The first-order valence-electron chi connectivity index (χ1n) is 7.19. The van der Waals surface area contributed by atoms with Crippen LogP contribution in [0.3, 0.4) is 0 Å². The maximum Gasteiger partial charge on any atom is 0.239 e. The van der Waals surface area contributed by atoms with Crippen LogP contribution in [0.5, 0.6) is 0 Å². The molecule has 7 heteroatoms. The number of hydrogen-bond acceptors (Lipinski definition) is 5. The van der Waals surface area contributed by atoms with E-state index in [-0.39, 0.29) is 17.9 Å². The van der Waals surface area contributed by atoms with Crippen molar-refractivity contribution in [2.45, 2.75) is 13.0 Å². The number of amides is 2. The lowest BCUT2D eigenvalue weighted by molar-refractivity contribution is -0.141. The predicted molar refractivity (Wildman–Crippen MR) is 74.1 cm³/mol. The Kier molecular flexibility index (Phi) is 5.33. The smallest absolute Gasteiger partial charge is 0.239 e. The van der Waals surface area contributed by atoms with Gasteiger partial charge in [-0.15, -0.1) is 0 Å². The molecule has 1 unspecified atom stereocenters. The van der Waals surface area contributed by atoms with Gasteiger partial charge in [0.25, 0.3) is 0 Å². The molecule has 20 heavy (non-hydrogen) atoms. The molecular weight excluding hydrogens is 260 g/mol. The standard InChI is InChI=1S/C13H24N4O3/c1-11(13(19)17-6-8-20-9-7-17)16-4-2-15(3-5-16)10-12(14)18/h11H,2-10H2,1H3,(H2,14,18). The molecule has 0 saturated carbocycles. The fourth-order valence-corrected chi connectivity index (χ4v) is 2.73. The zero-order valence-electron chi connectivity index (χ0n) is 12.1. The molecule has 0 aromatic heterocycles. The Morgan fingerprint density at radius 1 is 1.10 bits per heavy atom. The number of carbonyl (C=O) groups excluding carboxylic acids is 2. The van der Waals surface area contributed by atoms with Gasteiger partial charge in [0.15, 0.2) is 0 Å². The zero-order chi connectivity index (χ0) is 14.5. The van der Waals surface area contributed by atoms with Crippen molar-refractivity contribution < 1.29 is 14.3 Å². The fraction of sp³-hybridized carbons (Fsp3) is 0.846. The normalized spacial score (nSPS) is 23.6. The van der Waals surface area contributed by atoms with Gasteiger partial charge >= 0.3 is 0 Å². The first-order valence-corrected chi connectivity index (χ1v) is 7.19. The number of piperazine rings is 1. The van der Waals surface area contributed by atoms with Crippen LogP contribution in [0.15, 0.2) is 0 Å². The predicted octanol–water partition coefficient (Wildman–Crippen LogP) is -1.66. The van der Waals surface area contributed by atoms with Crippen molar-refractivity contribution in [1.29, 1.82) is 0 Å². The largest absolute Gasteiger partial charge is 0.378 e. The van der Waals surface area contributed by atoms with Gasteiger partial charge in [0.1, 0.15) is 0 Å². The second-order valence-electron chi connectivity index (χ2n) is 5.39. The van der Waals surface area contributed by atoms with E-state index in [0.29, 0.717) is 32.8 Å². The fourth-order valence-electron chi connectivity index (χ4n) is 2.73. The van der Waals surface area contributed by atoms with Crippen molar-refractivity contribution in [2.24, 2.45) is 5.73 Å². The Morgan fingerprint density at radius 2 is 1.70 bits per heavy atom.